The summed E-state index contributed by atoms with van der Waals surface area (Å²) in [6, 6.07) is 0. The Hall–Kier alpha value is -1.57. The molecule has 0 aromatic carbocycles. The van der Waals surface area contributed by atoms with Crippen LogP contribution in [0.4, 0.5) is 0 Å². The number of amides is 2. The van der Waals surface area contributed by atoms with E-state index in [-0.39, 0.29) is 18.2 Å². The van der Waals surface area contributed by atoms with E-state index in [1.807, 2.05) is 16.5 Å². The molecule has 1 saturated heterocycles. The molecule has 1 aliphatic heterocycles. The van der Waals surface area contributed by atoms with Crippen molar-refractivity contribution in [3.63, 3.8) is 0 Å². The zero-order valence-corrected chi connectivity index (χ0v) is 13.9. The maximum absolute atomic E-state index is 12.2. The van der Waals surface area contributed by atoms with Gasteiger partial charge in [0.25, 0.3) is 0 Å². The first-order valence-electron chi connectivity index (χ1n) is 7.54. The van der Waals surface area contributed by atoms with Crippen molar-refractivity contribution in [2.45, 2.75) is 37.8 Å². The number of primary amides is 1. The SMILES string of the molecule is CC1CCN(C(=O)CSc2nnc(CCC(N)=O)n2C)CC1. The Balaban J connectivity index is 1.83. The number of thioether (sulfide) groups is 1. The Morgan fingerprint density at radius 2 is 2.00 bits per heavy atom. The normalized spacial score (nSPS) is 16.0. The number of rotatable bonds is 6. The smallest absolute Gasteiger partial charge is 0.233 e. The quantitative estimate of drug-likeness (QED) is 0.772. The molecule has 7 nitrogen and oxygen atoms in total. The van der Waals surface area contributed by atoms with Crippen molar-refractivity contribution in [1.29, 1.82) is 0 Å². The molecule has 0 aliphatic carbocycles. The Morgan fingerprint density at radius 1 is 1.32 bits per heavy atom. The molecule has 0 atom stereocenters. The number of nitrogens with zero attached hydrogens (tertiary/aromatic N) is 4. The van der Waals surface area contributed by atoms with Gasteiger partial charge in [-0.2, -0.15) is 0 Å². The number of hydrogen-bond donors (Lipinski definition) is 1. The molecule has 2 rings (SSSR count). The lowest BCUT2D eigenvalue weighted by Gasteiger charge is -2.30. The van der Waals surface area contributed by atoms with E-state index in [0.29, 0.717) is 29.1 Å². The summed E-state index contributed by atoms with van der Waals surface area (Å²) in [5, 5.41) is 8.82. The summed E-state index contributed by atoms with van der Waals surface area (Å²) >= 11 is 1.39. The van der Waals surface area contributed by atoms with E-state index in [9.17, 15) is 9.59 Å². The van der Waals surface area contributed by atoms with Crippen LogP contribution in [0.1, 0.15) is 32.0 Å². The lowest BCUT2D eigenvalue weighted by molar-refractivity contribution is -0.129. The number of aromatic nitrogens is 3. The Kier molecular flexibility index (Phi) is 5.82. The molecule has 1 aromatic heterocycles. The summed E-state index contributed by atoms with van der Waals surface area (Å²) in [5.41, 5.74) is 5.14. The first kappa shape index (κ1) is 16.8. The van der Waals surface area contributed by atoms with Crippen LogP contribution in [0, 0.1) is 5.92 Å². The number of likely N-dealkylation sites (tertiary alicyclic amines) is 1. The van der Waals surface area contributed by atoms with Crippen molar-refractivity contribution in [2.75, 3.05) is 18.8 Å². The van der Waals surface area contributed by atoms with Crippen molar-refractivity contribution in [2.24, 2.45) is 18.7 Å². The zero-order valence-electron chi connectivity index (χ0n) is 13.1. The van der Waals surface area contributed by atoms with Crippen LogP contribution >= 0.6 is 11.8 Å². The molecule has 2 N–H and O–H groups in total. The van der Waals surface area contributed by atoms with Crippen LogP contribution in [0.3, 0.4) is 0 Å². The lowest BCUT2D eigenvalue weighted by atomic mass is 9.99. The average Bonchev–Trinajstić information content (AvgIpc) is 2.84. The molecule has 0 unspecified atom stereocenters. The van der Waals surface area contributed by atoms with Crippen LogP contribution < -0.4 is 5.73 Å². The second-order valence-electron chi connectivity index (χ2n) is 5.78. The van der Waals surface area contributed by atoms with Gasteiger partial charge in [0.15, 0.2) is 5.16 Å². The maximum atomic E-state index is 12.2. The molecule has 0 saturated carbocycles. The number of nitrogens with two attached hydrogens (primary N) is 1. The summed E-state index contributed by atoms with van der Waals surface area (Å²) in [6.45, 7) is 3.93. The van der Waals surface area contributed by atoms with Crippen LogP contribution in [0.25, 0.3) is 0 Å². The van der Waals surface area contributed by atoms with Crippen molar-refractivity contribution < 1.29 is 9.59 Å². The van der Waals surface area contributed by atoms with Gasteiger partial charge < -0.3 is 15.2 Å². The monoisotopic (exact) mass is 325 g/mol. The van der Waals surface area contributed by atoms with Crippen molar-refractivity contribution in [1.82, 2.24) is 19.7 Å². The number of carbonyl (C=O) groups excluding carboxylic acids is 2. The van der Waals surface area contributed by atoms with E-state index in [0.717, 1.165) is 25.9 Å². The summed E-state index contributed by atoms with van der Waals surface area (Å²) < 4.78 is 1.82. The zero-order chi connectivity index (χ0) is 16.1. The Bertz CT molecular complexity index is 537. The molecule has 1 fully saturated rings. The molecular weight excluding hydrogens is 302 g/mol. The molecule has 1 aliphatic rings. The highest BCUT2D eigenvalue weighted by atomic mass is 32.2. The predicted octanol–water partition coefficient (Wildman–Crippen LogP) is 0.584. The van der Waals surface area contributed by atoms with E-state index in [2.05, 4.69) is 17.1 Å². The molecule has 0 radical (unpaired) electrons. The second kappa shape index (κ2) is 7.62. The van der Waals surface area contributed by atoms with Gasteiger partial charge in [-0.3, -0.25) is 9.59 Å². The van der Waals surface area contributed by atoms with Crippen LogP contribution in [0.2, 0.25) is 0 Å². The lowest BCUT2D eigenvalue weighted by Crippen LogP contribution is -2.38. The highest BCUT2D eigenvalue weighted by molar-refractivity contribution is 7.99. The summed E-state index contributed by atoms with van der Waals surface area (Å²) in [6.07, 6.45) is 2.88. The predicted molar refractivity (Wildman–Crippen MR) is 84.2 cm³/mol. The van der Waals surface area contributed by atoms with E-state index in [4.69, 9.17) is 5.73 Å². The van der Waals surface area contributed by atoms with Gasteiger partial charge in [-0.1, -0.05) is 18.7 Å². The highest BCUT2D eigenvalue weighted by Crippen LogP contribution is 2.20. The fourth-order valence-corrected chi connectivity index (χ4v) is 3.23. The van der Waals surface area contributed by atoms with E-state index in [1.165, 1.54) is 11.8 Å². The molecule has 22 heavy (non-hydrogen) atoms. The van der Waals surface area contributed by atoms with Crippen molar-refractivity contribution >= 4 is 23.6 Å². The molecule has 1 aromatic rings. The molecular formula is C14H23N5O2S. The van der Waals surface area contributed by atoms with E-state index >= 15 is 0 Å². The summed E-state index contributed by atoms with van der Waals surface area (Å²) in [4.78, 5) is 24.9. The van der Waals surface area contributed by atoms with Crippen LogP contribution in [0.5, 0.6) is 0 Å². The largest absolute Gasteiger partial charge is 0.370 e. The van der Waals surface area contributed by atoms with Gasteiger partial charge in [0.1, 0.15) is 5.82 Å². The molecule has 122 valence electrons. The Labute approximate surface area is 134 Å². The van der Waals surface area contributed by atoms with Crippen LogP contribution in [-0.4, -0.2) is 50.3 Å². The van der Waals surface area contributed by atoms with Gasteiger partial charge in [0, 0.05) is 33.0 Å². The minimum Gasteiger partial charge on any atom is -0.370 e. The van der Waals surface area contributed by atoms with Gasteiger partial charge in [-0.05, 0) is 18.8 Å². The highest BCUT2D eigenvalue weighted by Gasteiger charge is 2.21. The van der Waals surface area contributed by atoms with Gasteiger partial charge in [0.05, 0.1) is 5.75 Å². The standard InChI is InChI=1S/C14H23N5O2S/c1-10-5-7-19(8-6-10)13(21)9-22-14-17-16-12(18(14)2)4-3-11(15)20/h10H,3-9H2,1-2H3,(H2,15,20). The van der Waals surface area contributed by atoms with Crippen molar-refractivity contribution in [3.05, 3.63) is 5.82 Å². The van der Waals surface area contributed by atoms with Crippen molar-refractivity contribution in [3.8, 4) is 0 Å². The Morgan fingerprint density at radius 3 is 2.64 bits per heavy atom. The third-order valence-corrected chi connectivity index (χ3v) is 4.99. The average molecular weight is 325 g/mol. The maximum Gasteiger partial charge on any atom is 0.233 e. The number of carbonyl (C=O) groups is 2. The van der Waals surface area contributed by atoms with Gasteiger partial charge in [0.2, 0.25) is 11.8 Å². The fraction of sp³-hybridized carbons (Fsp3) is 0.714. The number of piperidine rings is 1. The van der Waals surface area contributed by atoms with Gasteiger partial charge in [-0.15, -0.1) is 10.2 Å². The topological polar surface area (TPSA) is 94.1 Å². The minimum atomic E-state index is -0.355. The van der Waals surface area contributed by atoms with Crippen LogP contribution in [-0.2, 0) is 23.1 Å². The van der Waals surface area contributed by atoms with Crippen LogP contribution in [0.15, 0.2) is 5.16 Å². The van der Waals surface area contributed by atoms with Gasteiger partial charge >= 0.3 is 0 Å². The third kappa shape index (κ3) is 4.46. The fourth-order valence-electron chi connectivity index (χ4n) is 2.40. The van der Waals surface area contributed by atoms with E-state index in [1.54, 1.807) is 0 Å². The molecule has 0 bridgehead atoms. The second-order valence-corrected chi connectivity index (χ2v) is 6.72. The third-order valence-electron chi connectivity index (χ3n) is 3.98. The first-order chi connectivity index (χ1) is 10.5. The molecule has 8 heteroatoms. The minimum absolute atomic E-state index is 0.151. The first-order valence-corrected chi connectivity index (χ1v) is 8.53. The van der Waals surface area contributed by atoms with Gasteiger partial charge in [-0.25, -0.2) is 0 Å². The number of hydrogen-bond acceptors (Lipinski definition) is 5. The van der Waals surface area contributed by atoms with E-state index < -0.39 is 0 Å². The molecule has 2 amide bonds. The summed E-state index contributed by atoms with van der Waals surface area (Å²) in [7, 11) is 1.84. The molecule has 2 heterocycles. The number of aryl methyl sites for hydroxylation is 1. The summed E-state index contributed by atoms with van der Waals surface area (Å²) in [5.74, 6) is 1.59. The molecule has 0 spiro atoms.